The molecule has 1 atom stereocenters. The highest BCUT2D eigenvalue weighted by Gasteiger charge is 2.23. The van der Waals surface area contributed by atoms with E-state index in [0.717, 1.165) is 26.2 Å². The van der Waals surface area contributed by atoms with Crippen LogP contribution in [0.3, 0.4) is 0 Å². The van der Waals surface area contributed by atoms with Crippen LogP contribution >= 0.6 is 0 Å². The van der Waals surface area contributed by atoms with E-state index in [4.69, 9.17) is 4.74 Å². The van der Waals surface area contributed by atoms with Crippen molar-refractivity contribution < 1.29 is 9.53 Å². The molecule has 0 spiro atoms. The van der Waals surface area contributed by atoms with E-state index >= 15 is 0 Å². The summed E-state index contributed by atoms with van der Waals surface area (Å²) in [6.45, 7) is 10.5. The first-order chi connectivity index (χ1) is 10.0. The topological polar surface area (TPSA) is 32.8 Å². The Morgan fingerprint density at radius 3 is 2.52 bits per heavy atom. The van der Waals surface area contributed by atoms with Crippen LogP contribution in [-0.4, -0.2) is 50.2 Å². The largest absolute Gasteiger partial charge is 0.469 e. The maximum Gasteiger partial charge on any atom is 0.307 e. The molecule has 0 bridgehead atoms. The molecule has 1 heterocycles. The fourth-order valence-electron chi connectivity index (χ4n) is 2.94. The number of piperazine rings is 1. The van der Waals surface area contributed by atoms with Crippen molar-refractivity contribution in [3.05, 3.63) is 29.3 Å². The normalized spacial score (nSPS) is 17.6. The van der Waals surface area contributed by atoms with E-state index < -0.39 is 0 Å². The molecule has 21 heavy (non-hydrogen) atoms. The van der Waals surface area contributed by atoms with Crippen molar-refractivity contribution in [2.45, 2.75) is 33.2 Å². The molecular weight excluding hydrogens is 264 g/mol. The minimum Gasteiger partial charge on any atom is -0.469 e. The van der Waals surface area contributed by atoms with Crippen LogP contribution in [0.5, 0.6) is 0 Å². The SMILES string of the molecule is COC(=O)CC(C)N1CCN(c2cccc(C)c2C)CC1. The Balaban J connectivity index is 1.94. The third-order valence-corrected chi connectivity index (χ3v) is 4.54. The molecule has 1 aromatic carbocycles. The first kappa shape index (κ1) is 15.8. The third-order valence-electron chi connectivity index (χ3n) is 4.54. The Hall–Kier alpha value is -1.55. The van der Waals surface area contributed by atoms with E-state index in [2.05, 4.69) is 48.8 Å². The number of ether oxygens (including phenoxy) is 1. The molecule has 4 heteroatoms. The number of hydrogen-bond donors (Lipinski definition) is 0. The van der Waals surface area contributed by atoms with Gasteiger partial charge in [0.15, 0.2) is 0 Å². The van der Waals surface area contributed by atoms with E-state index in [9.17, 15) is 4.79 Å². The van der Waals surface area contributed by atoms with Crippen LogP contribution in [0.15, 0.2) is 18.2 Å². The van der Waals surface area contributed by atoms with Crippen molar-refractivity contribution in [1.82, 2.24) is 4.90 Å². The maximum atomic E-state index is 11.4. The van der Waals surface area contributed by atoms with Crippen LogP contribution in [0.1, 0.15) is 24.5 Å². The minimum absolute atomic E-state index is 0.126. The zero-order valence-electron chi connectivity index (χ0n) is 13.6. The van der Waals surface area contributed by atoms with Gasteiger partial charge in [-0.05, 0) is 38.0 Å². The van der Waals surface area contributed by atoms with Crippen LogP contribution in [0, 0.1) is 13.8 Å². The van der Waals surface area contributed by atoms with Gasteiger partial charge in [-0.3, -0.25) is 9.69 Å². The van der Waals surface area contributed by atoms with Crippen LogP contribution in [0.2, 0.25) is 0 Å². The summed E-state index contributed by atoms with van der Waals surface area (Å²) in [4.78, 5) is 16.2. The van der Waals surface area contributed by atoms with Crippen LogP contribution in [0.25, 0.3) is 0 Å². The molecule has 116 valence electrons. The molecule has 0 N–H and O–H groups in total. The third kappa shape index (κ3) is 3.76. The highest BCUT2D eigenvalue weighted by atomic mass is 16.5. The smallest absolute Gasteiger partial charge is 0.307 e. The minimum atomic E-state index is -0.126. The van der Waals surface area contributed by atoms with Gasteiger partial charge in [0.05, 0.1) is 13.5 Å². The monoisotopic (exact) mass is 290 g/mol. The van der Waals surface area contributed by atoms with E-state index in [0.29, 0.717) is 6.42 Å². The number of carbonyl (C=O) groups excluding carboxylic acids is 1. The van der Waals surface area contributed by atoms with Gasteiger partial charge in [-0.1, -0.05) is 12.1 Å². The van der Waals surface area contributed by atoms with Gasteiger partial charge < -0.3 is 9.64 Å². The summed E-state index contributed by atoms with van der Waals surface area (Å²) in [6.07, 6.45) is 0.472. The Morgan fingerprint density at radius 1 is 1.24 bits per heavy atom. The van der Waals surface area contributed by atoms with Gasteiger partial charge in [0.2, 0.25) is 0 Å². The second-order valence-electron chi connectivity index (χ2n) is 5.87. The number of anilines is 1. The average Bonchev–Trinajstić information content (AvgIpc) is 2.50. The van der Waals surface area contributed by atoms with Crippen molar-refractivity contribution >= 4 is 11.7 Å². The van der Waals surface area contributed by atoms with Gasteiger partial charge in [0.25, 0.3) is 0 Å². The molecule has 0 radical (unpaired) electrons. The summed E-state index contributed by atoms with van der Waals surface area (Å²) < 4.78 is 4.76. The number of benzene rings is 1. The van der Waals surface area contributed by atoms with Gasteiger partial charge >= 0.3 is 5.97 Å². The second kappa shape index (κ2) is 6.94. The summed E-state index contributed by atoms with van der Waals surface area (Å²) in [7, 11) is 1.45. The fraction of sp³-hybridized carbons (Fsp3) is 0.588. The van der Waals surface area contributed by atoms with Crippen molar-refractivity contribution in [3.63, 3.8) is 0 Å². The van der Waals surface area contributed by atoms with Crippen molar-refractivity contribution in [3.8, 4) is 0 Å². The molecule has 1 fully saturated rings. The van der Waals surface area contributed by atoms with Crippen molar-refractivity contribution in [2.75, 3.05) is 38.2 Å². The highest BCUT2D eigenvalue weighted by molar-refractivity contribution is 5.69. The van der Waals surface area contributed by atoms with E-state index in [-0.39, 0.29) is 12.0 Å². The van der Waals surface area contributed by atoms with Crippen LogP contribution in [-0.2, 0) is 9.53 Å². The predicted molar refractivity (Wildman–Crippen MR) is 85.8 cm³/mol. The number of methoxy groups -OCH3 is 1. The van der Waals surface area contributed by atoms with Crippen molar-refractivity contribution in [1.29, 1.82) is 0 Å². The lowest BCUT2D eigenvalue weighted by Crippen LogP contribution is -2.50. The Labute approximate surface area is 127 Å². The number of rotatable bonds is 4. The molecule has 0 aromatic heterocycles. The quantitative estimate of drug-likeness (QED) is 0.797. The molecule has 4 nitrogen and oxygen atoms in total. The van der Waals surface area contributed by atoms with Gasteiger partial charge in [0, 0.05) is 37.9 Å². The fourth-order valence-corrected chi connectivity index (χ4v) is 2.94. The van der Waals surface area contributed by atoms with Gasteiger partial charge in [-0.2, -0.15) is 0 Å². The maximum absolute atomic E-state index is 11.4. The van der Waals surface area contributed by atoms with Crippen LogP contribution in [0.4, 0.5) is 5.69 Å². The number of hydrogen-bond acceptors (Lipinski definition) is 4. The predicted octanol–water partition coefficient (Wildman–Crippen LogP) is 2.38. The van der Waals surface area contributed by atoms with Gasteiger partial charge in [-0.15, -0.1) is 0 Å². The van der Waals surface area contributed by atoms with E-state index in [1.54, 1.807) is 0 Å². The standard InChI is InChI=1S/C17H26N2O2/c1-13-6-5-7-16(15(13)3)19-10-8-18(9-11-19)14(2)12-17(20)21-4/h5-7,14H,8-12H2,1-4H3. The summed E-state index contributed by atoms with van der Waals surface area (Å²) in [6, 6.07) is 6.74. The lowest BCUT2D eigenvalue weighted by molar-refractivity contribution is -0.141. The van der Waals surface area contributed by atoms with Gasteiger partial charge in [-0.25, -0.2) is 0 Å². The zero-order chi connectivity index (χ0) is 15.4. The zero-order valence-corrected chi connectivity index (χ0v) is 13.6. The molecule has 1 aliphatic heterocycles. The van der Waals surface area contributed by atoms with E-state index in [1.807, 2.05) is 0 Å². The van der Waals surface area contributed by atoms with Crippen molar-refractivity contribution in [2.24, 2.45) is 0 Å². The number of aryl methyl sites for hydroxylation is 1. The molecule has 1 aromatic rings. The lowest BCUT2D eigenvalue weighted by atomic mass is 10.1. The Morgan fingerprint density at radius 2 is 1.90 bits per heavy atom. The molecule has 1 saturated heterocycles. The molecular formula is C17H26N2O2. The molecule has 1 aliphatic rings. The van der Waals surface area contributed by atoms with E-state index in [1.165, 1.54) is 23.9 Å². The first-order valence-electron chi connectivity index (χ1n) is 7.65. The molecule has 0 amide bonds. The summed E-state index contributed by atoms with van der Waals surface area (Å²) in [5.41, 5.74) is 4.05. The average molecular weight is 290 g/mol. The summed E-state index contributed by atoms with van der Waals surface area (Å²) >= 11 is 0. The summed E-state index contributed by atoms with van der Waals surface area (Å²) in [5.74, 6) is -0.126. The number of nitrogens with zero attached hydrogens (tertiary/aromatic N) is 2. The molecule has 0 saturated carbocycles. The Kier molecular flexibility index (Phi) is 5.23. The number of carbonyl (C=O) groups is 1. The first-order valence-corrected chi connectivity index (χ1v) is 7.65. The Bertz CT molecular complexity index is 494. The highest BCUT2D eigenvalue weighted by Crippen LogP contribution is 2.24. The number of esters is 1. The van der Waals surface area contributed by atoms with Crippen LogP contribution < -0.4 is 4.90 Å². The molecule has 0 aliphatic carbocycles. The van der Waals surface area contributed by atoms with Gasteiger partial charge in [0.1, 0.15) is 0 Å². The molecule has 2 rings (SSSR count). The molecule has 1 unspecified atom stereocenters. The summed E-state index contributed by atoms with van der Waals surface area (Å²) in [5, 5.41) is 0. The second-order valence-corrected chi connectivity index (χ2v) is 5.87. The lowest BCUT2D eigenvalue weighted by Gasteiger charge is -2.39.